The second kappa shape index (κ2) is 8.32. The zero-order chi connectivity index (χ0) is 19.4. The lowest BCUT2D eigenvalue weighted by Crippen LogP contribution is -3.06. The minimum absolute atomic E-state index is 0.0874. The molecule has 8 nitrogen and oxygen atoms in total. The minimum Gasteiger partial charge on any atom is -0.491 e. The number of nitrogens with one attached hydrogen (secondary N) is 2. The Morgan fingerprint density at radius 2 is 2.26 bits per heavy atom. The third-order valence-corrected chi connectivity index (χ3v) is 4.36. The number of quaternary nitrogens is 1. The van der Waals surface area contributed by atoms with Crippen molar-refractivity contribution in [2.24, 2.45) is 10.1 Å². The number of amides is 2. The van der Waals surface area contributed by atoms with E-state index in [0.29, 0.717) is 40.1 Å². The van der Waals surface area contributed by atoms with Crippen LogP contribution in [0.25, 0.3) is 0 Å². The number of nitrogens with zero attached hydrogens (tertiary/aromatic N) is 3. The Labute approximate surface area is 162 Å². The molecular weight excluding hydrogens is 370 g/mol. The SMILES string of the molecule is CC1=C2C(=O)N(CC(=O)NCCC(C)Oc3cccc(Cl)c3)C=N[NH+]2C=N1. The van der Waals surface area contributed by atoms with Crippen molar-refractivity contribution in [1.82, 2.24) is 10.2 Å². The lowest BCUT2D eigenvalue weighted by Gasteiger charge is -2.21. The summed E-state index contributed by atoms with van der Waals surface area (Å²) in [5.41, 5.74) is 1.07. The third-order valence-electron chi connectivity index (χ3n) is 4.13. The molecule has 9 heteroatoms. The fourth-order valence-corrected chi connectivity index (χ4v) is 2.91. The second-order valence-corrected chi connectivity index (χ2v) is 6.74. The van der Waals surface area contributed by atoms with E-state index in [1.54, 1.807) is 25.4 Å². The van der Waals surface area contributed by atoms with E-state index in [0.717, 1.165) is 0 Å². The molecule has 142 valence electrons. The van der Waals surface area contributed by atoms with Crippen molar-refractivity contribution in [2.45, 2.75) is 26.4 Å². The largest absolute Gasteiger partial charge is 0.491 e. The lowest BCUT2D eigenvalue weighted by molar-refractivity contribution is -0.756. The summed E-state index contributed by atoms with van der Waals surface area (Å²) in [7, 11) is 0. The Bertz CT molecular complexity index is 836. The highest BCUT2D eigenvalue weighted by molar-refractivity contribution is 6.30. The van der Waals surface area contributed by atoms with Crippen LogP contribution in [0.4, 0.5) is 0 Å². The standard InChI is InChI=1S/C18H20ClN5O3/c1-12(27-15-5-3-4-14(19)8-15)6-7-20-16(25)9-23-11-22-24-10-21-13(2)17(24)18(23)26/h3-5,8,10-12H,6-7,9H2,1-2H3,(H,20,25)/p+1. The molecule has 0 aromatic heterocycles. The molecule has 0 aliphatic carbocycles. The van der Waals surface area contributed by atoms with Gasteiger partial charge in [0.05, 0.1) is 6.10 Å². The first-order chi connectivity index (χ1) is 12.9. The number of allylic oxidation sites excluding steroid dienone is 1. The smallest absolute Gasteiger partial charge is 0.318 e. The van der Waals surface area contributed by atoms with E-state index in [2.05, 4.69) is 15.4 Å². The van der Waals surface area contributed by atoms with Gasteiger partial charge in [-0.1, -0.05) is 22.8 Å². The molecule has 0 fully saturated rings. The van der Waals surface area contributed by atoms with Gasteiger partial charge in [-0.2, -0.15) is 4.99 Å². The Kier molecular flexibility index (Phi) is 5.88. The molecule has 1 aromatic rings. The normalized spacial score (nSPS) is 19.3. The number of hydrogen-bond acceptors (Lipinski definition) is 5. The predicted molar refractivity (Wildman–Crippen MR) is 102 cm³/mol. The van der Waals surface area contributed by atoms with Gasteiger partial charge < -0.3 is 10.1 Å². The number of hydrogen-bond donors (Lipinski definition) is 2. The summed E-state index contributed by atoms with van der Waals surface area (Å²) < 4.78 is 5.76. The highest BCUT2D eigenvalue weighted by atomic mass is 35.5. The molecule has 2 aliphatic heterocycles. The number of carbonyl (C=O) groups excluding carboxylic acids is 2. The first-order valence-electron chi connectivity index (χ1n) is 8.60. The van der Waals surface area contributed by atoms with Crippen LogP contribution in [0.1, 0.15) is 20.3 Å². The van der Waals surface area contributed by atoms with Gasteiger partial charge in [-0.05, 0) is 32.0 Å². The number of aliphatic imine (C=N–C) groups is 1. The summed E-state index contributed by atoms with van der Waals surface area (Å²) in [6.07, 6.45) is 3.45. The van der Waals surface area contributed by atoms with Crippen LogP contribution in [0.15, 0.2) is 45.8 Å². The number of ether oxygens (including phenoxy) is 1. The topological polar surface area (TPSA) is 87.8 Å². The summed E-state index contributed by atoms with van der Waals surface area (Å²) in [5, 5.41) is 8.12. The summed E-state index contributed by atoms with van der Waals surface area (Å²) in [4.78, 5) is 29.9. The predicted octanol–water partition coefficient (Wildman–Crippen LogP) is 0.557. The average Bonchev–Trinajstić information content (AvgIpc) is 2.99. The molecule has 27 heavy (non-hydrogen) atoms. The average molecular weight is 391 g/mol. The molecule has 0 saturated carbocycles. The van der Waals surface area contributed by atoms with Crippen LogP contribution in [0.2, 0.25) is 5.02 Å². The molecular formula is C18H21ClN5O3+. The van der Waals surface area contributed by atoms with E-state index < -0.39 is 0 Å². The van der Waals surface area contributed by atoms with Crippen LogP contribution in [0, 0.1) is 0 Å². The van der Waals surface area contributed by atoms with Gasteiger partial charge >= 0.3 is 5.91 Å². The zero-order valence-corrected chi connectivity index (χ0v) is 15.9. The molecule has 0 bridgehead atoms. The first-order valence-corrected chi connectivity index (χ1v) is 8.98. The van der Waals surface area contributed by atoms with E-state index >= 15 is 0 Å². The molecule has 1 aromatic carbocycles. The molecule has 2 N–H and O–H groups in total. The van der Waals surface area contributed by atoms with Gasteiger partial charge in [-0.25, -0.2) is 0 Å². The van der Waals surface area contributed by atoms with E-state index in [1.165, 1.54) is 11.2 Å². The minimum atomic E-state index is -0.261. The Morgan fingerprint density at radius 1 is 1.44 bits per heavy atom. The quantitative estimate of drug-likeness (QED) is 0.713. The van der Waals surface area contributed by atoms with Crippen LogP contribution in [-0.2, 0) is 9.59 Å². The zero-order valence-electron chi connectivity index (χ0n) is 15.1. The maximum Gasteiger partial charge on any atom is 0.318 e. The van der Waals surface area contributed by atoms with Crippen molar-refractivity contribution < 1.29 is 19.3 Å². The molecule has 2 atom stereocenters. The van der Waals surface area contributed by atoms with Crippen molar-refractivity contribution >= 4 is 36.1 Å². The van der Waals surface area contributed by atoms with Gasteiger partial charge in [-0.3, -0.25) is 14.5 Å². The molecule has 0 radical (unpaired) electrons. The molecule has 0 spiro atoms. The molecule has 2 heterocycles. The van der Waals surface area contributed by atoms with Gasteiger partial charge in [0, 0.05) is 18.0 Å². The first kappa shape index (κ1) is 19.1. The molecule has 3 rings (SSSR count). The maximum absolute atomic E-state index is 12.4. The Morgan fingerprint density at radius 3 is 3.04 bits per heavy atom. The van der Waals surface area contributed by atoms with E-state index in [4.69, 9.17) is 16.3 Å². The van der Waals surface area contributed by atoms with Crippen LogP contribution in [-0.4, -0.2) is 48.6 Å². The van der Waals surface area contributed by atoms with Crippen LogP contribution in [0.3, 0.4) is 0 Å². The summed E-state index contributed by atoms with van der Waals surface area (Å²) in [6.45, 7) is 4.01. The number of rotatable bonds is 7. The van der Waals surface area contributed by atoms with Crippen molar-refractivity contribution in [3.8, 4) is 5.75 Å². The van der Waals surface area contributed by atoms with Gasteiger partial charge in [-0.15, -0.1) is 5.01 Å². The molecule has 0 saturated heterocycles. The van der Waals surface area contributed by atoms with Crippen molar-refractivity contribution in [3.05, 3.63) is 40.7 Å². The fraction of sp³-hybridized carbons (Fsp3) is 0.333. The Hall–Kier alpha value is -2.71. The number of carbonyl (C=O) groups is 2. The highest BCUT2D eigenvalue weighted by Crippen LogP contribution is 2.18. The monoisotopic (exact) mass is 390 g/mol. The third kappa shape index (κ3) is 4.72. The Balaban J connectivity index is 1.43. The van der Waals surface area contributed by atoms with Gasteiger partial charge in [0.25, 0.3) is 5.70 Å². The fourth-order valence-electron chi connectivity index (χ4n) is 2.73. The van der Waals surface area contributed by atoms with E-state index in [-0.39, 0.29) is 24.5 Å². The van der Waals surface area contributed by atoms with E-state index in [9.17, 15) is 9.59 Å². The van der Waals surface area contributed by atoms with Gasteiger partial charge in [0.2, 0.25) is 12.2 Å². The highest BCUT2D eigenvalue weighted by Gasteiger charge is 2.37. The maximum atomic E-state index is 12.4. The number of halogens is 1. The van der Waals surface area contributed by atoms with Crippen molar-refractivity contribution in [2.75, 3.05) is 13.1 Å². The van der Waals surface area contributed by atoms with Crippen LogP contribution in [0.5, 0.6) is 5.75 Å². The van der Waals surface area contributed by atoms with Crippen molar-refractivity contribution in [3.63, 3.8) is 0 Å². The molecule has 2 unspecified atom stereocenters. The van der Waals surface area contributed by atoms with Crippen LogP contribution < -0.4 is 15.1 Å². The van der Waals surface area contributed by atoms with E-state index in [1.807, 2.05) is 19.1 Å². The molecule has 2 amide bonds. The summed E-state index contributed by atoms with van der Waals surface area (Å²) >= 11 is 5.93. The van der Waals surface area contributed by atoms with Crippen LogP contribution >= 0.6 is 11.6 Å². The lowest BCUT2D eigenvalue weighted by atomic mass is 10.2. The number of fused-ring (bicyclic) bond motifs is 1. The van der Waals surface area contributed by atoms with Gasteiger partial charge in [0.1, 0.15) is 18.0 Å². The van der Waals surface area contributed by atoms with Gasteiger partial charge in [0.15, 0.2) is 6.34 Å². The molecule has 2 aliphatic rings. The van der Waals surface area contributed by atoms with Crippen molar-refractivity contribution in [1.29, 1.82) is 0 Å². The summed E-state index contributed by atoms with van der Waals surface area (Å²) in [5.74, 6) is 0.166. The second-order valence-electron chi connectivity index (χ2n) is 6.31. The summed E-state index contributed by atoms with van der Waals surface area (Å²) in [6, 6.07) is 7.17. The number of benzene rings is 1.